The number of amides is 1. The second-order valence-corrected chi connectivity index (χ2v) is 10.8. The minimum absolute atomic E-state index is 0.111. The molecule has 0 spiro atoms. The predicted molar refractivity (Wildman–Crippen MR) is 152 cm³/mol. The van der Waals surface area contributed by atoms with Crippen molar-refractivity contribution in [2.75, 3.05) is 13.1 Å². The Morgan fingerprint density at radius 1 is 0.976 bits per heavy atom. The molecule has 9 heteroatoms. The van der Waals surface area contributed by atoms with Gasteiger partial charge in [-0.15, -0.1) is 0 Å². The topological polar surface area (TPSA) is 125 Å². The van der Waals surface area contributed by atoms with Crippen molar-refractivity contribution in [1.29, 1.82) is 0 Å². The molecule has 0 radical (unpaired) electrons. The molecule has 1 amide bonds. The average Bonchev–Trinajstić information content (AvgIpc) is 3.15. The average molecular weight is 563 g/mol. The van der Waals surface area contributed by atoms with Crippen LogP contribution in [0, 0.1) is 19.7 Å². The van der Waals surface area contributed by atoms with E-state index in [1.165, 1.54) is 36.4 Å². The third kappa shape index (κ3) is 6.57. The van der Waals surface area contributed by atoms with Crippen LogP contribution in [-0.2, 0) is 4.74 Å². The Labute approximate surface area is 238 Å². The standard InChI is InChI=1S/C32H35FN2O6/c1-17(2)23-11-12-25(36)27(28(23)33)30(38)20-7-9-21(10-8-20)32(40)41-26-6-5-13-34-16-24(26)35-31(39)22-14-18(3)29(37)19(4)15-22/h7-12,14-15,17,24,26,34,36-37H,5-6,13,16H2,1-4H3,(H,35,39)/t24-,26-/m1/s1. The molecule has 0 saturated carbocycles. The first-order valence-corrected chi connectivity index (χ1v) is 13.7. The number of esters is 1. The number of aromatic hydroxyl groups is 2. The number of ketones is 1. The van der Waals surface area contributed by atoms with E-state index in [-0.39, 0.29) is 28.7 Å². The number of phenolic OH excluding ortho intramolecular Hbond substituents is 2. The fraction of sp³-hybridized carbons (Fsp3) is 0.344. The molecule has 0 bridgehead atoms. The van der Waals surface area contributed by atoms with Gasteiger partial charge in [-0.2, -0.15) is 0 Å². The van der Waals surface area contributed by atoms with Gasteiger partial charge in [-0.25, -0.2) is 9.18 Å². The maximum absolute atomic E-state index is 15.0. The molecule has 1 aliphatic rings. The van der Waals surface area contributed by atoms with Gasteiger partial charge in [0.1, 0.15) is 29.0 Å². The number of carbonyl (C=O) groups is 3. The summed E-state index contributed by atoms with van der Waals surface area (Å²) in [4.78, 5) is 39.1. The lowest BCUT2D eigenvalue weighted by atomic mass is 9.94. The predicted octanol–water partition coefficient (Wildman–Crippen LogP) is 4.92. The first-order chi connectivity index (χ1) is 19.5. The van der Waals surface area contributed by atoms with Crippen molar-refractivity contribution >= 4 is 17.7 Å². The largest absolute Gasteiger partial charge is 0.507 e. The molecule has 216 valence electrons. The second-order valence-electron chi connectivity index (χ2n) is 10.8. The van der Waals surface area contributed by atoms with Crippen LogP contribution in [0.4, 0.5) is 4.39 Å². The Hall–Kier alpha value is -4.24. The molecule has 0 aliphatic carbocycles. The molecule has 0 unspecified atom stereocenters. The lowest BCUT2D eigenvalue weighted by Gasteiger charge is -2.26. The van der Waals surface area contributed by atoms with Gasteiger partial charge in [0, 0.05) is 17.7 Å². The number of hydrogen-bond acceptors (Lipinski definition) is 7. The van der Waals surface area contributed by atoms with Crippen LogP contribution in [0.2, 0.25) is 0 Å². The molecular weight excluding hydrogens is 527 g/mol. The number of rotatable bonds is 7. The molecule has 8 nitrogen and oxygen atoms in total. The summed E-state index contributed by atoms with van der Waals surface area (Å²) < 4.78 is 20.8. The van der Waals surface area contributed by atoms with Gasteiger partial charge in [-0.1, -0.05) is 32.0 Å². The summed E-state index contributed by atoms with van der Waals surface area (Å²) in [6.45, 7) is 8.13. The maximum Gasteiger partial charge on any atom is 0.338 e. The quantitative estimate of drug-likeness (QED) is 0.238. The Balaban J connectivity index is 1.48. The first-order valence-electron chi connectivity index (χ1n) is 13.7. The zero-order valence-electron chi connectivity index (χ0n) is 23.6. The van der Waals surface area contributed by atoms with Crippen molar-refractivity contribution in [3.8, 4) is 11.5 Å². The number of nitrogens with one attached hydrogen (secondary N) is 2. The highest BCUT2D eigenvalue weighted by molar-refractivity contribution is 6.11. The second kappa shape index (κ2) is 12.5. The molecule has 1 heterocycles. The van der Waals surface area contributed by atoms with E-state index in [4.69, 9.17) is 4.74 Å². The summed E-state index contributed by atoms with van der Waals surface area (Å²) in [6.07, 6.45) is 0.657. The van der Waals surface area contributed by atoms with E-state index < -0.39 is 41.0 Å². The summed E-state index contributed by atoms with van der Waals surface area (Å²) in [5.74, 6) is -2.91. The number of halogens is 1. The highest BCUT2D eigenvalue weighted by Gasteiger charge is 2.30. The number of ether oxygens (including phenoxy) is 1. The number of aryl methyl sites for hydroxylation is 2. The SMILES string of the molecule is Cc1cc(C(=O)N[C@@H]2CNCCC[C@H]2OC(=O)c2ccc(C(=O)c3c(O)ccc(C(C)C)c3F)cc2)cc(C)c1O. The number of benzene rings is 3. The number of hydrogen-bond donors (Lipinski definition) is 4. The van der Waals surface area contributed by atoms with Gasteiger partial charge in [0.15, 0.2) is 5.78 Å². The molecule has 4 N–H and O–H groups in total. The fourth-order valence-corrected chi connectivity index (χ4v) is 4.99. The minimum atomic E-state index is -0.763. The van der Waals surface area contributed by atoms with Gasteiger partial charge in [-0.3, -0.25) is 9.59 Å². The summed E-state index contributed by atoms with van der Waals surface area (Å²) in [5.41, 5.74) is 1.79. The van der Waals surface area contributed by atoms with Crippen LogP contribution in [0.15, 0.2) is 48.5 Å². The molecule has 2 atom stereocenters. The van der Waals surface area contributed by atoms with E-state index >= 15 is 4.39 Å². The lowest BCUT2D eigenvalue weighted by molar-refractivity contribution is 0.0192. The van der Waals surface area contributed by atoms with Crippen LogP contribution in [0.25, 0.3) is 0 Å². The molecule has 3 aromatic carbocycles. The van der Waals surface area contributed by atoms with Crippen molar-refractivity contribution in [1.82, 2.24) is 10.6 Å². The van der Waals surface area contributed by atoms with Crippen molar-refractivity contribution in [2.45, 2.75) is 58.6 Å². The highest BCUT2D eigenvalue weighted by Crippen LogP contribution is 2.30. The van der Waals surface area contributed by atoms with Crippen molar-refractivity contribution in [3.63, 3.8) is 0 Å². The van der Waals surface area contributed by atoms with Gasteiger partial charge in [0.25, 0.3) is 5.91 Å². The summed E-state index contributed by atoms with van der Waals surface area (Å²) >= 11 is 0. The normalized spacial score (nSPS) is 17.1. The summed E-state index contributed by atoms with van der Waals surface area (Å²) in [5, 5.41) is 26.4. The smallest absolute Gasteiger partial charge is 0.338 e. The molecule has 4 rings (SSSR count). The first kappa shape index (κ1) is 29.7. The van der Waals surface area contributed by atoms with E-state index in [2.05, 4.69) is 10.6 Å². The Bertz CT molecular complexity index is 1440. The van der Waals surface area contributed by atoms with Gasteiger partial charge >= 0.3 is 5.97 Å². The summed E-state index contributed by atoms with van der Waals surface area (Å²) in [7, 11) is 0. The molecule has 1 fully saturated rings. The van der Waals surface area contributed by atoms with Gasteiger partial charge in [0.2, 0.25) is 0 Å². The van der Waals surface area contributed by atoms with Crippen molar-refractivity contribution < 1.29 is 33.7 Å². The molecular formula is C32H35FN2O6. The Morgan fingerprint density at radius 2 is 1.61 bits per heavy atom. The van der Waals surface area contributed by atoms with E-state index in [1.807, 2.05) is 0 Å². The van der Waals surface area contributed by atoms with Crippen molar-refractivity contribution in [2.24, 2.45) is 0 Å². The molecule has 3 aromatic rings. The fourth-order valence-electron chi connectivity index (χ4n) is 4.99. The van der Waals surface area contributed by atoms with E-state index in [1.54, 1.807) is 39.8 Å². The third-order valence-electron chi connectivity index (χ3n) is 7.37. The van der Waals surface area contributed by atoms with Gasteiger partial charge in [-0.05, 0) is 86.2 Å². The van der Waals surface area contributed by atoms with Crippen LogP contribution in [0.3, 0.4) is 0 Å². The van der Waals surface area contributed by atoms with E-state index in [0.29, 0.717) is 41.8 Å². The third-order valence-corrected chi connectivity index (χ3v) is 7.37. The molecule has 41 heavy (non-hydrogen) atoms. The van der Waals surface area contributed by atoms with Crippen molar-refractivity contribution in [3.05, 3.63) is 93.3 Å². The zero-order chi connectivity index (χ0) is 29.8. The number of carbonyl (C=O) groups excluding carboxylic acids is 3. The van der Waals surface area contributed by atoms with Crippen LogP contribution >= 0.6 is 0 Å². The summed E-state index contributed by atoms with van der Waals surface area (Å²) in [6, 6.07) is 11.1. The lowest BCUT2D eigenvalue weighted by Crippen LogP contribution is -2.49. The molecule has 1 aliphatic heterocycles. The van der Waals surface area contributed by atoms with E-state index in [9.17, 15) is 24.6 Å². The van der Waals surface area contributed by atoms with Crippen LogP contribution < -0.4 is 10.6 Å². The highest BCUT2D eigenvalue weighted by atomic mass is 19.1. The minimum Gasteiger partial charge on any atom is -0.507 e. The maximum atomic E-state index is 15.0. The monoisotopic (exact) mass is 562 g/mol. The van der Waals surface area contributed by atoms with Crippen LogP contribution in [-0.4, -0.2) is 53.1 Å². The molecule has 0 aromatic heterocycles. The van der Waals surface area contributed by atoms with Crippen LogP contribution in [0.5, 0.6) is 11.5 Å². The zero-order valence-corrected chi connectivity index (χ0v) is 23.6. The van der Waals surface area contributed by atoms with Crippen LogP contribution in [0.1, 0.15) is 85.9 Å². The van der Waals surface area contributed by atoms with E-state index in [0.717, 1.165) is 6.42 Å². The Morgan fingerprint density at radius 3 is 2.24 bits per heavy atom. The number of phenols is 2. The van der Waals surface area contributed by atoms with Gasteiger partial charge < -0.3 is 25.6 Å². The van der Waals surface area contributed by atoms with Gasteiger partial charge in [0.05, 0.1) is 11.6 Å². The Kier molecular flexibility index (Phi) is 9.08. The molecule has 1 saturated heterocycles.